The lowest BCUT2D eigenvalue weighted by Crippen LogP contribution is -2.50. The van der Waals surface area contributed by atoms with E-state index in [0.29, 0.717) is 32.4 Å². The van der Waals surface area contributed by atoms with Gasteiger partial charge < -0.3 is 24.3 Å². The molecular weight excluding hydrogens is 588 g/mol. The van der Waals surface area contributed by atoms with Gasteiger partial charge in [-0.25, -0.2) is 0 Å². The first-order chi connectivity index (χ1) is 22.6. The van der Waals surface area contributed by atoms with Gasteiger partial charge in [0.15, 0.2) is 0 Å². The van der Waals surface area contributed by atoms with E-state index < -0.39 is 5.60 Å². The molecule has 2 aromatic heterocycles. The molecule has 2 aliphatic heterocycles. The van der Waals surface area contributed by atoms with Gasteiger partial charge >= 0.3 is 5.97 Å². The van der Waals surface area contributed by atoms with E-state index >= 15 is 0 Å². The van der Waals surface area contributed by atoms with E-state index in [1.54, 1.807) is 7.11 Å². The van der Waals surface area contributed by atoms with E-state index in [1.807, 2.05) is 45.0 Å². The van der Waals surface area contributed by atoms with Crippen molar-refractivity contribution in [1.82, 2.24) is 19.8 Å². The van der Waals surface area contributed by atoms with E-state index in [2.05, 4.69) is 65.3 Å². The Morgan fingerprint density at radius 3 is 2.66 bits per heavy atom. The molecule has 4 heterocycles. The summed E-state index contributed by atoms with van der Waals surface area (Å²) < 4.78 is 14.4. The predicted molar refractivity (Wildman–Crippen MR) is 186 cm³/mol. The molecule has 1 fully saturated rings. The minimum absolute atomic E-state index is 0.0734. The number of pyridine rings is 1. The van der Waals surface area contributed by atoms with Crippen molar-refractivity contribution < 1.29 is 19.1 Å². The normalized spacial score (nSPS) is 20.9. The van der Waals surface area contributed by atoms with Crippen LogP contribution in [0, 0.1) is 5.92 Å². The number of amides is 1. The van der Waals surface area contributed by atoms with Crippen LogP contribution in [0.25, 0.3) is 33.3 Å². The number of ether oxygens (including phenoxy) is 2. The molecule has 0 unspecified atom stereocenters. The highest BCUT2D eigenvalue weighted by Gasteiger charge is 2.33. The van der Waals surface area contributed by atoms with Crippen LogP contribution in [0.1, 0.15) is 69.9 Å². The van der Waals surface area contributed by atoms with Crippen LogP contribution in [-0.2, 0) is 38.4 Å². The second kappa shape index (κ2) is 13.6. The van der Waals surface area contributed by atoms with Crippen LogP contribution in [0.4, 0.5) is 0 Å². The number of esters is 1. The first-order valence-electron chi connectivity index (χ1n) is 17.0. The summed E-state index contributed by atoms with van der Waals surface area (Å²) in [5.74, 6) is -0.0501. The van der Waals surface area contributed by atoms with Gasteiger partial charge in [0.05, 0.1) is 30.0 Å². The van der Waals surface area contributed by atoms with Crippen LogP contribution < -0.4 is 5.32 Å². The number of methoxy groups -OCH3 is 1. The van der Waals surface area contributed by atoms with E-state index in [0.717, 1.165) is 69.5 Å². The van der Waals surface area contributed by atoms with Crippen LogP contribution in [0.2, 0.25) is 0 Å². The highest BCUT2D eigenvalue weighted by Crippen LogP contribution is 2.41. The fourth-order valence-corrected chi connectivity index (χ4v) is 7.60. The standard InChI is InChI=1S/C39H48N4O4/c1-7-43-34-16-15-29-22-31(34)32(37(43)30-14-9-17-41-36(30)25(2)46-6)23-39(3,4)47-35(44)21-27-12-10-18-42(24-27)38(45)33(40-5)20-26-11-8-13-28(29)19-26/h8-9,11,13-17,19,22,25,27,33,40H,7,10,12,18,20-21,23-24H2,1-6H3/t25-,27-,33-/m0/s1. The summed E-state index contributed by atoms with van der Waals surface area (Å²) in [7, 11) is 3.56. The monoisotopic (exact) mass is 636 g/mol. The maximum atomic E-state index is 13.7. The lowest BCUT2D eigenvalue weighted by molar-refractivity contribution is -0.158. The number of aryl methyl sites for hydroxylation is 1. The Bertz CT molecular complexity index is 1780. The highest BCUT2D eigenvalue weighted by atomic mass is 16.6. The number of nitrogens with one attached hydrogen (secondary N) is 1. The van der Waals surface area contributed by atoms with E-state index in [4.69, 9.17) is 14.5 Å². The zero-order chi connectivity index (χ0) is 33.3. The van der Waals surface area contributed by atoms with E-state index in [9.17, 15) is 9.59 Å². The third-order valence-electron chi connectivity index (χ3n) is 9.94. The molecule has 248 valence electrons. The van der Waals surface area contributed by atoms with E-state index in [1.165, 1.54) is 0 Å². The first kappa shape index (κ1) is 32.9. The Labute approximate surface area is 278 Å². The number of piperidine rings is 1. The van der Waals surface area contributed by atoms with Gasteiger partial charge in [0.2, 0.25) is 5.91 Å². The van der Waals surface area contributed by atoms with Crippen molar-refractivity contribution >= 4 is 22.8 Å². The number of cyclic esters (lactones) is 1. The molecule has 3 atom stereocenters. The minimum Gasteiger partial charge on any atom is -0.459 e. The van der Waals surface area contributed by atoms with Crippen molar-refractivity contribution in [2.75, 3.05) is 27.2 Å². The molecule has 0 spiro atoms. The van der Waals surface area contributed by atoms with Gasteiger partial charge in [-0.05, 0) is 106 Å². The van der Waals surface area contributed by atoms with Crippen molar-refractivity contribution in [1.29, 1.82) is 0 Å². The number of hydrogen-bond donors (Lipinski definition) is 1. The molecule has 1 saturated heterocycles. The fraction of sp³-hybridized carbons (Fsp3) is 0.462. The van der Waals surface area contributed by atoms with Gasteiger partial charge in [0.25, 0.3) is 0 Å². The second-order valence-corrected chi connectivity index (χ2v) is 13.8. The zero-order valence-corrected chi connectivity index (χ0v) is 28.6. The minimum atomic E-state index is -0.781. The molecule has 2 aromatic carbocycles. The number of likely N-dealkylation sites (N-methyl/N-ethyl adjacent to an activating group) is 1. The Balaban J connectivity index is 1.55. The number of aromatic nitrogens is 2. The van der Waals surface area contributed by atoms with Gasteiger partial charge in [-0.3, -0.25) is 14.6 Å². The summed E-state index contributed by atoms with van der Waals surface area (Å²) in [6.45, 7) is 10.2. The van der Waals surface area contributed by atoms with Gasteiger partial charge in [0, 0.05) is 55.8 Å². The number of carbonyl (C=O) groups excluding carboxylic acids is 2. The molecule has 0 saturated carbocycles. The number of benzene rings is 2. The number of nitrogens with zero attached hydrogens (tertiary/aromatic N) is 3. The third kappa shape index (κ3) is 6.72. The molecule has 8 heteroatoms. The quantitative estimate of drug-likeness (QED) is 0.245. The number of fused-ring (bicyclic) bond motifs is 6. The summed E-state index contributed by atoms with van der Waals surface area (Å²) in [5, 5.41) is 4.40. The largest absolute Gasteiger partial charge is 0.459 e. The van der Waals surface area contributed by atoms with E-state index in [-0.39, 0.29) is 29.9 Å². The van der Waals surface area contributed by atoms with Crippen LogP contribution in [-0.4, -0.2) is 65.2 Å². The lowest BCUT2D eigenvalue weighted by Gasteiger charge is -2.35. The van der Waals surface area contributed by atoms with Crippen molar-refractivity contribution in [3.63, 3.8) is 0 Å². The maximum Gasteiger partial charge on any atom is 0.306 e. The Hall–Kier alpha value is -4.01. The van der Waals surface area contributed by atoms with Crippen LogP contribution in [0.15, 0.2) is 60.8 Å². The highest BCUT2D eigenvalue weighted by molar-refractivity contribution is 5.95. The average molecular weight is 637 g/mol. The van der Waals surface area contributed by atoms with Crippen molar-refractivity contribution in [2.24, 2.45) is 5.92 Å². The van der Waals surface area contributed by atoms with Crippen LogP contribution in [0.3, 0.4) is 0 Å². The molecule has 1 N–H and O–H groups in total. The molecule has 6 bridgehead atoms. The van der Waals surface area contributed by atoms with Crippen LogP contribution >= 0.6 is 0 Å². The van der Waals surface area contributed by atoms with Gasteiger partial charge in [-0.2, -0.15) is 0 Å². The summed E-state index contributed by atoms with van der Waals surface area (Å²) in [4.78, 5) is 34.0. The molecule has 47 heavy (non-hydrogen) atoms. The molecule has 0 radical (unpaired) electrons. The van der Waals surface area contributed by atoms with Crippen molar-refractivity contribution in [2.45, 2.75) is 84.1 Å². The number of rotatable bonds is 5. The zero-order valence-electron chi connectivity index (χ0n) is 28.6. The maximum absolute atomic E-state index is 13.7. The molecule has 4 aromatic rings. The summed E-state index contributed by atoms with van der Waals surface area (Å²) >= 11 is 0. The second-order valence-electron chi connectivity index (χ2n) is 13.8. The lowest BCUT2D eigenvalue weighted by atomic mass is 9.90. The van der Waals surface area contributed by atoms with Gasteiger partial charge in [0.1, 0.15) is 5.60 Å². The Morgan fingerprint density at radius 1 is 1.09 bits per heavy atom. The summed E-state index contributed by atoms with van der Waals surface area (Å²) in [5.41, 5.74) is 7.75. The number of carbonyl (C=O) groups is 2. The molecule has 6 rings (SSSR count). The average Bonchev–Trinajstić information content (AvgIpc) is 3.37. The molecular formula is C39H48N4O4. The predicted octanol–water partition coefficient (Wildman–Crippen LogP) is 6.73. The fourth-order valence-electron chi connectivity index (χ4n) is 7.60. The summed E-state index contributed by atoms with van der Waals surface area (Å²) in [6, 6.07) is 19.0. The smallest absolute Gasteiger partial charge is 0.306 e. The SMILES string of the molecule is CCn1c(-c2cccnc2[C@H](C)OC)c2c3cc(ccc31)-c1cccc(c1)C[C@H](NC)C(=O)N1CCC[C@@H](CC(=O)OC(C)(C)C2)C1. The molecule has 1 amide bonds. The van der Waals surface area contributed by atoms with Crippen LogP contribution in [0.5, 0.6) is 0 Å². The Morgan fingerprint density at radius 2 is 1.89 bits per heavy atom. The molecule has 8 nitrogen and oxygen atoms in total. The topological polar surface area (TPSA) is 85.7 Å². The number of hydrogen-bond acceptors (Lipinski definition) is 6. The van der Waals surface area contributed by atoms with Gasteiger partial charge in [-0.1, -0.05) is 30.3 Å². The van der Waals surface area contributed by atoms with Crippen molar-refractivity contribution in [3.05, 3.63) is 77.6 Å². The molecule has 2 aliphatic rings. The summed E-state index contributed by atoms with van der Waals surface area (Å²) in [6.07, 6.45) is 4.81. The third-order valence-corrected chi connectivity index (χ3v) is 9.94. The molecule has 0 aliphatic carbocycles. The first-order valence-corrected chi connectivity index (χ1v) is 17.0. The Kier molecular flexibility index (Phi) is 9.53. The van der Waals surface area contributed by atoms with Gasteiger partial charge in [-0.15, -0.1) is 0 Å². The van der Waals surface area contributed by atoms with Crippen molar-refractivity contribution in [3.8, 4) is 22.4 Å².